The van der Waals surface area contributed by atoms with Crippen LogP contribution in [-0.2, 0) is 0 Å². The third-order valence-corrected chi connectivity index (χ3v) is 3.82. The van der Waals surface area contributed by atoms with E-state index in [-0.39, 0.29) is 0 Å². The van der Waals surface area contributed by atoms with Crippen LogP contribution in [0.15, 0.2) is 54.6 Å². The summed E-state index contributed by atoms with van der Waals surface area (Å²) in [5.74, 6) is 0.756. The van der Waals surface area contributed by atoms with Gasteiger partial charge in [-0.2, -0.15) is 0 Å². The van der Waals surface area contributed by atoms with Crippen molar-refractivity contribution < 1.29 is 4.74 Å². The number of alkyl halides is 2. The summed E-state index contributed by atoms with van der Waals surface area (Å²) in [6.45, 7) is 0. The highest BCUT2D eigenvalue weighted by molar-refractivity contribution is 6.44. The van der Waals surface area contributed by atoms with E-state index >= 15 is 0 Å². The molecule has 2 aromatic carbocycles. The first-order valence-electron chi connectivity index (χ1n) is 6.51. The van der Waals surface area contributed by atoms with Gasteiger partial charge in [0.15, 0.2) is 0 Å². The van der Waals surface area contributed by atoms with Gasteiger partial charge in [-0.1, -0.05) is 30.3 Å². The number of aromatic nitrogens is 1. The summed E-state index contributed by atoms with van der Waals surface area (Å²) < 4.78 is 5.26. The normalized spacial score (nSPS) is 11.0. The summed E-state index contributed by atoms with van der Waals surface area (Å²) >= 11 is 12.3. The Morgan fingerprint density at radius 3 is 2.43 bits per heavy atom. The molecule has 0 N–H and O–H groups in total. The third kappa shape index (κ3) is 2.82. The molecule has 0 aliphatic heterocycles. The first kappa shape index (κ1) is 14.2. The van der Waals surface area contributed by atoms with E-state index < -0.39 is 4.84 Å². The second kappa shape index (κ2) is 5.92. The highest BCUT2D eigenvalue weighted by Crippen LogP contribution is 2.35. The second-order valence-electron chi connectivity index (χ2n) is 4.65. The molecule has 3 aromatic rings. The Morgan fingerprint density at radius 1 is 1.00 bits per heavy atom. The van der Waals surface area contributed by atoms with E-state index in [1.165, 1.54) is 0 Å². The highest BCUT2D eigenvalue weighted by Gasteiger charge is 2.13. The molecule has 0 bridgehead atoms. The zero-order valence-corrected chi connectivity index (χ0v) is 12.9. The number of methoxy groups -OCH3 is 1. The van der Waals surface area contributed by atoms with Crippen LogP contribution in [0.1, 0.15) is 10.4 Å². The molecule has 21 heavy (non-hydrogen) atoms. The Bertz CT molecular complexity index is 772. The molecule has 0 radical (unpaired) electrons. The van der Waals surface area contributed by atoms with Gasteiger partial charge in [-0.05, 0) is 29.8 Å². The Kier molecular flexibility index (Phi) is 4.00. The van der Waals surface area contributed by atoms with Gasteiger partial charge >= 0.3 is 0 Å². The molecule has 0 saturated heterocycles. The van der Waals surface area contributed by atoms with Crippen LogP contribution >= 0.6 is 23.2 Å². The van der Waals surface area contributed by atoms with Crippen molar-refractivity contribution in [1.82, 2.24) is 4.98 Å². The average molecular weight is 318 g/mol. The van der Waals surface area contributed by atoms with Gasteiger partial charge in [-0.25, -0.2) is 4.98 Å². The summed E-state index contributed by atoms with van der Waals surface area (Å²) in [5.41, 5.74) is 3.57. The van der Waals surface area contributed by atoms with E-state index in [9.17, 15) is 0 Å². The third-order valence-electron chi connectivity index (χ3n) is 3.35. The lowest BCUT2D eigenvalue weighted by Gasteiger charge is -2.11. The largest absolute Gasteiger partial charge is 0.497 e. The molecule has 0 spiro atoms. The Hall–Kier alpha value is -1.77. The van der Waals surface area contributed by atoms with Crippen molar-refractivity contribution in [3.05, 3.63) is 60.2 Å². The molecule has 2 nitrogen and oxygen atoms in total. The Balaban J connectivity index is 2.26. The van der Waals surface area contributed by atoms with Gasteiger partial charge in [0.2, 0.25) is 0 Å². The van der Waals surface area contributed by atoms with Crippen LogP contribution in [-0.4, -0.2) is 12.1 Å². The van der Waals surface area contributed by atoms with Gasteiger partial charge in [-0.3, -0.25) is 0 Å². The van der Waals surface area contributed by atoms with Gasteiger partial charge in [0.25, 0.3) is 0 Å². The van der Waals surface area contributed by atoms with Crippen molar-refractivity contribution in [2.45, 2.75) is 4.84 Å². The van der Waals surface area contributed by atoms with Crippen LogP contribution < -0.4 is 4.74 Å². The molecular weight excluding hydrogens is 305 g/mol. The topological polar surface area (TPSA) is 22.1 Å². The van der Waals surface area contributed by atoms with Crippen molar-refractivity contribution >= 4 is 34.1 Å². The number of pyridine rings is 1. The zero-order valence-electron chi connectivity index (χ0n) is 11.4. The van der Waals surface area contributed by atoms with E-state index in [1.807, 2.05) is 54.6 Å². The minimum absolute atomic E-state index is 0.620. The van der Waals surface area contributed by atoms with E-state index in [0.717, 1.165) is 33.5 Å². The van der Waals surface area contributed by atoms with Crippen LogP contribution in [0.25, 0.3) is 22.2 Å². The fourth-order valence-corrected chi connectivity index (χ4v) is 2.66. The molecular formula is C17H13Cl2NO. The minimum atomic E-state index is -0.620. The summed E-state index contributed by atoms with van der Waals surface area (Å²) in [7, 11) is 1.63. The van der Waals surface area contributed by atoms with Crippen molar-refractivity contribution in [3.63, 3.8) is 0 Å². The molecule has 0 fully saturated rings. The van der Waals surface area contributed by atoms with Crippen molar-refractivity contribution in [2.24, 2.45) is 0 Å². The van der Waals surface area contributed by atoms with Gasteiger partial charge in [0.05, 0.1) is 18.3 Å². The Morgan fingerprint density at radius 2 is 1.76 bits per heavy atom. The average Bonchev–Trinajstić information content (AvgIpc) is 2.54. The summed E-state index contributed by atoms with van der Waals surface area (Å²) in [6, 6.07) is 17.6. The first-order chi connectivity index (χ1) is 10.2. The first-order valence-corrected chi connectivity index (χ1v) is 7.38. The van der Waals surface area contributed by atoms with E-state index in [2.05, 4.69) is 0 Å². The molecule has 1 heterocycles. The lowest BCUT2D eigenvalue weighted by atomic mass is 10.0. The van der Waals surface area contributed by atoms with Crippen molar-refractivity contribution in [3.8, 4) is 17.0 Å². The molecule has 106 valence electrons. The van der Waals surface area contributed by atoms with Crippen LogP contribution in [0.4, 0.5) is 0 Å². The maximum atomic E-state index is 6.13. The standard InChI is InChI=1S/C17H13Cl2NO/c1-21-12-7-8-15-13(9-12)14(17(18)19)10-16(20-15)11-5-3-2-4-6-11/h2-10,17H,1H3. The lowest BCUT2D eigenvalue weighted by Crippen LogP contribution is -1.93. The second-order valence-corrected chi connectivity index (χ2v) is 5.74. The molecule has 3 rings (SSSR count). The number of fused-ring (bicyclic) bond motifs is 1. The van der Waals surface area contributed by atoms with Crippen LogP contribution in [0.2, 0.25) is 0 Å². The number of rotatable bonds is 3. The molecule has 4 heteroatoms. The molecule has 0 aliphatic rings. The zero-order chi connectivity index (χ0) is 14.8. The molecule has 0 saturated carbocycles. The predicted octanol–water partition coefficient (Wildman–Crippen LogP) is 5.39. The fraction of sp³-hybridized carbons (Fsp3) is 0.118. The molecule has 0 atom stereocenters. The smallest absolute Gasteiger partial charge is 0.133 e. The molecule has 0 amide bonds. The predicted molar refractivity (Wildman–Crippen MR) is 88.2 cm³/mol. The number of hydrogen-bond acceptors (Lipinski definition) is 2. The van der Waals surface area contributed by atoms with Gasteiger partial charge in [0.1, 0.15) is 10.6 Å². The van der Waals surface area contributed by atoms with Gasteiger partial charge in [0, 0.05) is 10.9 Å². The molecule has 1 aromatic heterocycles. The van der Waals surface area contributed by atoms with Crippen molar-refractivity contribution in [2.75, 3.05) is 7.11 Å². The molecule has 0 unspecified atom stereocenters. The number of hydrogen-bond donors (Lipinski definition) is 0. The lowest BCUT2D eigenvalue weighted by molar-refractivity contribution is 0.415. The number of benzene rings is 2. The molecule has 0 aliphatic carbocycles. The van der Waals surface area contributed by atoms with Crippen LogP contribution in [0.5, 0.6) is 5.75 Å². The summed E-state index contributed by atoms with van der Waals surface area (Å²) in [6.07, 6.45) is 0. The van der Waals surface area contributed by atoms with Gasteiger partial charge in [-0.15, -0.1) is 23.2 Å². The van der Waals surface area contributed by atoms with Crippen molar-refractivity contribution in [1.29, 1.82) is 0 Å². The monoisotopic (exact) mass is 317 g/mol. The van der Waals surface area contributed by atoms with Crippen LogP contribution in [0.3, 0.4) is 0 Å². The minimum Gasteiger partial charge on any atom is -0.497 e. The number of ether oxygens (including phenoxy) is 1. The van der Waals surface area contributed by atoms with E-state index in [0.29, 0.717) is 0 Å². The summed E-state index contributed by atoms with van der Waals surface area (Å²) in [4.78, 5) is 4.07. The van der Waals surface area contributed by atoms with E-state index in [4.69, 9.17) is 32.9 Å². The summed E-state index contributed by atoms with van der Waals surface area (Å²) in [5, 5.41) is 0.907. The maximum Gasteiger partial charge on any atom is 0.133 e. The number of halogens is 2. The Labute approximate surface area is 133 Å². The van der Waals surface area contributed by atoms with Crippen LogP contribution in [0, 0.1) is 0 Å². The van der Waals surface area contributed by atoms with Gasteiger partial charge < -0.3 is 4.74 Å². The fourth-order valence-electron chi connectivity index (χ4n) is 2.30. The SMILES string of the molecule is COc1ccc2nc(-c3ccccc3)cc(C(Cl)Cl)c2c1. The maximum absolute atomic E-state index is 6.13. The highest BCUT2D eigenvalue weighted by atomic mass is 35.5. The van der Waals surface area contributed by atoms with E-state index in [1.54, 1.807) is 7.11 Å². The number of nitrogens with zero attached hydrogens (tertiary/aromatic N) is 1. The quantitative estimate of drug-likeness (QED) is 0.604.